The molecule has 0 atom stereocenters. The molecule has 0 unspecified atom stereocenters. The third-order valence-electron chi connectivity index (χ3n) is 3.02. The molecule has 0 amide bonds. The predicted molar refractivity (Wildman–Crippen MR) is 102 cm³/mol. The second-order valence-electron chi connectivity index (χ2n) is 4.95. The molecule has 0 bridgehead atoms. The zero-order valence-corrected chi connectivity index (χ0v) is 15.5. The molecular formula is C17H22ClN3O2S. The predicted octanol–water partition coefficient (Wildman–Crippen LogP) is 2.90. The highest BCUT2D eigenvalue weighted by molar-refractivity contribution is 7.16. The molecule has 2 rings (SSSR count). The smallest absolute Gasteiger partial charge is 0.247 e. The molecule has 0 spiro atoms. The summed E-state index contributed by atoms with van der Waals surface area (Å²) in [5.41, 5.74) is 1.57. The van der Waals surface area contributed by atoms with Crippen molar-refractivity contribution in [1.82, 2.24) is 15.2 Å². The van der Waals surface area contributed by atoms with Gasteiger partial charge in [-0.05, 0) is 35.4 Å². The molecule has 5 nitrogen and oxygen atoms in total. The molecular weight excluding hydrogens is 346 g/mol. The van der Waals surface area contributed by atoms with Gasteiger partial charge in [0, 0.05) is 38.3 Å². The summed E-state index contributed by atoms with van der Waals surface area (Å²) in [4.78, 5) is 16.9. The van der Waals surface area contributed by atoms with E-state index in [1.807, 2.05) is 37.2 Å². The van der Waals surface area contributed by atoms with Gasteiger partial charge in [-0.1, -0.05) is 18.2 Å². The van der Waals surface area contributed by atoms with Gasteiger partial charge in [0.1, 0.15) is 5.82 Å². The summed E-state index contributed by atoms with van der Waals surface area (Å²) in [6.07, 6.45) is 3.61. The number of aromatic nitrogens is 1. The number of aliphatic hydroxyl groups excluding tert-OH is 1. The largest absolute Gasteiger partial charge is 0.400 e. The van der Waals surface area contributed by atoms with E-state index in [1.165, 1.54) is 6.07 Å². The number of thiophene rings is 1. The number of allylic oxidation sites excluding steroid dienone is 2. The van der Waals surface area contributed by atoms with E-state index in [-0.39, 0.29) is 5.56 Å². The van der Waals surface area contributed by atoms with Crippen LogP contribution in [0.25, 0.3) is 5.57 Å². The molecule has 130 valence electrons. The monoisotopic (exact) mass is 367 g/mol. The molecule has 7 heteroatoms. The Balaban J connectivity index is 0.00000139. The van der Waals surface area contributed by atoms with Crippen LogP contribution < -0.4 is 10.9 Å². The normalized spacial score (nSPS) is 10.6. The third kappa shape index (κ3) is 6.23. The van der Waals surface area contributed by atoms with Gasteiger partial charge in [-0.15, -0.1) is 11.3 Å². The third-order valence-corrected chi connectivity index (χ3v) is 4.25. The lowest BCUT2D eigenvalue weighted by Gasteiger charge is -2.19. The molecule has 0 saturated carbocycles. The van der Waals surface area contributed by atoms with E-state index < -0.39 is 0 Å². The van der Waals surface area contributed by atoms with Crippen LogP contribution in [0.15, 0.2) is 53.7 Å². The van der Waals surface area contributed by atoms with Crippen molar-refractivity contribution in [1.29, 1.82) is 0 Å². The van der Waals surface area contributed by atoms with Crippen LogP contribution in [-0.2, 0) is 6.54 Å². The molecule has 0 aliphatic rings. The van der Waals surface area contributed by atoms with Crippen molar-refractivity contribution in [3.63, 3.8) is 0 Å². The molecule has 2 heterocycles. The van der Waals surface area contributed by atoms with Gasteiger partial charge >= 0.3 is 0 Å². The number of hydrogen-bond acceptors (Lipinski definition) is 5. The first-order chi connectivity index (χ1) is 11.5. The van der Waals surface area contributed by atoms with Crippen LogP contribution >= 0.6 is 22.9 Å². The fraction of sp³-hybridized carbons (Fsp3) is 0.235. The van der Waals surface area contributed by atoms with E-state index in [9.17, 15) is 4.79 Å². The summed E-state index contributed by atoms with van der Waals surface area (Å²) in [6, 6.07) is 7.14. The van der Waals surface area contributed by atoms with Crippen LogP contribution in [0, 0.1) is 0 Å². The number of hydrogen-bond donors (Lipinski definition) is 3. The first-order valence-corrected chi connectivity index (χ1v) is 8.35. The molecule has 0 aliphatic carbocycles. The van der Waals surface area contributed by atoms with Crippen molar-refractivity contribution in [2.45, 2.75) is 6.54 Å². The number of H-pyrrole nitrogens is 1. The van der Waals surface area contributed by atoms with Crippen LogP contribution in [-0.4, -0.2) is 36.2 Å². The van der Waals surface area contributed by atoms with Gasteiger partial charge in [0.25, 0.3) is 0 Å². The fourth-order valence-corrected chi connectivity index (χ4v) is 2.85. The van der Waals surface area contributed by atoms with Gasteiger partial charge in [0.2, 0.25) is 5.56 Å². The highest BCUT2D eigenvalue weighted by atomic mass is 35.5. The summed E-state index contributed by atoms with van der Waals surface area (Å²) in [5.74, 6) is 0.931. The first-order valence-electron chi connectivity index (χ1n) is 7.15. The van der Waals surface area contributed by atoms with Gasteiger partial charge in [0.05, 0.1) is 10.9 Å². The molecule has 0 saturated heterocycles. The molecule has 2 aromatic rings. The van der Waals surface area contributed by atoms with E-state index in [0.29, 0.717) is 6.54 Å². The topological polar surface area (TPSA) is 68.4 Å². The van der Waals surface area contributed by atoms with E-state index in [4.69, 9.17) is 16.7 Å². The second kappa shape index (κ2) is 9.97. The lowest BCUT2D eigenvalue weighted by atomic mass is 10.1. The minimum Gasteiger partial charge on any atom is -0.400 e. The van der Waals surface area contributed by atoms with Crippen LogP contribution in [0.3, 0.4) is 0 Å². The molecule has 0 aromatic carbocycles. The van der Waals surface area contributed by atoms with Crippen LogP contribution in [0.5, 0.6) is 0 Å². The SMILES string of the molecule is C=C(/C=C(/NCc1ccc(Cl)s1)N(C)C)c1ccc(=O)[nH]c1.CO. The van der Waals surface area contributed by atoms with Gasteiger partial charge in [0.15, 0.2) is 0 Å². The molecule has 0 radical (unpaired) electrons. The second-order valence-corrected chi connectivity index (χ2v) is 6.75. The number of nitrogens with one attached hydrogen (secondary N) is 2. The Bertz CT molecular complexity index is 730. The number of nitrogens with zero attached hydrogens (tertiary/aromatic N) is 1. The van der Waals surface area contributed by atoms with Crippen molar-refractivity contribution >= 4 is 28.5 Å². The summed E-state index contributed by atoms with van der Waals surface area (Å²) in [7, 11) is 4.92. The Morgan fingerprint density at radius 1 is 1.38 bits per heavy atom. The molecule has 0 aliphatic heterocycles. The molecule has 3 N–H and O–H groups in total. The number of halogens is 1. The van der Waals surface area contributed by atoms with E-state index in [0.717, 1.165) is 33.3 Å². The Morgan fingerprint density at radius 2 is 2.08 bits per heavy atom. The minimum atomic E-state index is -0.124. The number of pyridine rings is 1. The summed E-state index contributed by atoms with van der Waals surface area (Å²) in [5, 5.41) is 10.4. The number of aromatic amines is 1. The van der Waals surface area contributed by atoms with E-state index in [1.54, 1.807) is 23.6 Å². The average molecular weight is 368 g/mol. The lowest BCUT2D eigenvalue weighted by Crippen LogP contribution is -2.25. The van der Waals surface area contributed by atoms with Gasteiger partial charge in [-0.2, -0.15) is 0 Å². The Hall–Kier alpha value is -2.02. The van der Waals surface area contributed by atoms with Crippen molar-refractivity contribution in [2.24, 2.45) is 0 Å². The van der Waals surface area contributed by atoms with Crippen LogP contribution in [0.4, 0.5) is 0 Å². The zero-order chi connectivity index (χ0) is 18.1. The zero-order valence-electron chi connectivity index (χ0n) is 14.0. The summed E-state index contributed by atoms with van der Waals surface area (Å²) in [6.45, 7) is 4.75. The highest BCUT2D eigenvalue weighted by Crippen LogP contribution is 2.21. The maximum atomic E-state index is 11.1. The lowest BCUT2D eigenvalue weighted by molar-refractivity contribution is 0.399. The molecule has 24 heavy (non-hydrogen) atoms. The van der Waals surface area contributed by atoms with Crippen LogP contribution in [0.2, 0.25) is 4.34 Å². The van der Waals surface area contributed by atoms with E-state index >= 15 is 0 Å². The number of aliphatic hydroxyl groups is 1. The summed E-state index contributed by atoms with van der Waals surface area (Å²) >= 11 is 7.49. The molecule has 0 fully saturated rings. The Kier molecular flexibility index (Phi) is 8.32. The van der Waals surface area contributed by atoms with Crippen LogP contribution in [0.1, 0.15) is 10.4 Å². The summed E-state index contributed by atoms with van der Waals surface area (Å²) < 4.78 is 0.782. The van der Waals surface area contributed by atoms with E-state index in [2.05, 4.69) is 16.9 Å². The maximum Gasteiger partial charge on any atom is 0.247 e. The average Bonchev–Trinajstić information content (AvgIpc) is 2.99. The van der Waals surface area contributed by atoms with Gasteiger partial charge in [-0.3, -0.25) is 4.79 Å². The molecule has 2 aromatic heterocycles. The van der Waals surface area contributed by atoms with Crippen molar-refractivity contribution < 1.29 is 5.11 Å². The first kappa shape index (κ1) is 20.0. The van der Waals surface area contributed by atoms with Crippen molar-refractivity contribution in [3.05, 3.63) is 74.1 Å². The Labute approximate surface area is 150 Å². The fourth-order valence-electron chi connectivity index (χ4n) is 1.82. The quantitative estimate of drug-likeness (QED) is 0.687. The maximum absolute atomic E-state index is 11.1. The van der Waals surface area contributed by atoms with Gasteiger partial charge in [-0.25, -0.2) is 0 Å². The minimum absolute atomic E-state index is 0.124. The Morgan fingerprint density at radius 3 is 2.58 bits per heavy atom. The van der Waals surface area contributed by atoms with Crippen molar-refractivity contribution in [3.8, 4) is 0 Å². The standard InChI is InChI=1S/C16H18ClN3OS.CH4O/c1-11(12-4-7-16(21)19-9-12)8-15(20(2)3)18-10-13-5-6-14(17)22-13;1-2/h4-9,18H,1,10H2,2-3H3,(H,19,21);2H,1H3/b15-8-;. The number of rotatable bonds is 6. The highest BCUT2D eigenvalue weighted by Gasteiger charge is 2.04. The van der Waals surface area contributed by atoms with Crippen molar-refractivity contribution in [2.75, 3.05) is 21.2 Å². The van der Waals surface area contributed by atoms with Gasteiger partial charge < -0.3 is 20.3 Å².